The summed E-state index contributed by atoms with van der Waals surface area (Å²) in [5.74, 6) is 1.99. The number of hydrogen-bond donors (Lipinski definition) is 0. The van der Waals surface area contributed by atoms with Crippen molar-refractivity contribution in [1.82, 2.24) is 0 Å². The van der Waals surface area contributed by atoms with Crippen LogP contribution in [0, 0.1) is 0 Å². The van der Waals surface area contributed by atoms with Crippen molar-refractivity contribution in [2.75, 3.05) is 0 Å². The number of ketones is 1. The van der Waals surface area contributed by atoms with E-state index in [1.54, 1.807) is 12.2 Å². The second kappa shape index (κ2) is 1.78. The van der Waals surface area contributed by atoms with Gasteiger partial charge in [-0.1, -0.05) is 12.2 Å². The first kappa shape index (κ1) is 6.00. The first-order valence-corrected chi connectivity index (χ1v) is 3.90. The molecule has 0 aromatic rings. The van der Waals surface area contributed by atoms with Crippen molar-refractivity contribution in [1.29, 1.82) is 0 Å². The minimum Gasteiger partial charge on any atom is -0.453 e. The van der Waals surface area contributed by atoms with E-state index in [4.69, 9.17) is 4.74 Å². The SMILES string of the molecule is O=C1C=CC2=CCC3=C(O3)C2=C1. The molecule has 0 saturated carbocycles. The van der Waals surface area contributed by atoms with Gasteiger partial charge in [0.25, 0.3) is 0 Å². The van der Waals surface area contributed by atoms with E-state index >= 15 is 0 Å². The van der Waals surface area contributed by atoms with E-state index in [9.17, 15) is 4.79 Å². The van der Waals surface area contributed by atoms with E-state index in [1.165, 1.54) is 0 Å². The topological polar surface area (TPSA) is 29.6 Å². The molecule has 58 valence electrons. The van der Waals surface area contributed by atoms with Crippen molar-refractivity contribution in [3.05, 3.63) is 47.0 Å². The highest BCUT2D eigenvalue weighted by atomic mass is 16.6. The quantitative estimate of drug-likeness (QED) is 0.536. The van der Waals surface area contributed by atoms with Gasteiger partial charge in [-0.25, -0.2) is 0 Å². The maximum atomic E-state index is 11.0. The molecule has 0 atom stereocenters. The summed E-state index contributed by atoms with van der Waals surface area (Å²) in [6.45, 7) is 0. The Morgan fingerprint density at radius 2 is 2.25 bits per heavy atom. The predicted octanol–water partition coefficient (Wildman–Crippen LogP) is 1.62. The monoisotopic (exact) mass is 158 g/mol. The third kappa shape index (κ3) is 0.666. The Balaban J connectivity index is 2.14. The molecule has 2 heteroatoms. The molecule has 0 aromatic heterocycles. The molecule has 0 saturated heterocycles. The van der Waals surface area contributed by atoms with Crippen LogP contribution in [0.15, 0.2) is 47.0 Å². The Morgan fingerprint density at radius 3 is 3.17 bits per heavy atom. The first-order valence-electron chi connectivity index (χ1n) is 3.90. The zero-order valence-electron chi connectivity index (χ0n) is 6.33. The van der Waals surface area contributed by atoms with E-state index in [2.05, 4.69) is 6.08 Å². The van der Waals surface area contributed by atoms with Gasteiger partial charge in [0.2, 0.25) is 0 Å². The Labute approximate surface area is 69.5 Å². The summed E-state index contributed by atoms with van der Waals surface area (Å²) in [6, 6.07) is 0. The van der Waals surface area contributed by atoms with E-state index in [0.29, 0.717) is 0 Å². The number of hydrogen-bond acceptors (Lipinski definition) is 2. The largest absolute Gasteiger partial charge is 0.453 e. The van der Waals surface area contributed by atoms with Crippen LogP contribution >= 0.6 is 0 Å². The van der Waals surface area contributed by atoms with Crippen LogP contribution in [0.2, 0.25) is 0 Å². The van der Waals surface area contributed by atoms with Crippen molar-refractivity contribution < 1.29 is 9.53 Å². The molecular formula is C10H6O2. The fourth-order valence-electron chi connectivity index (χ4n) is 1.55. The van der Waals surface area contributed by atoms with Crippen LogP contribution in [-0.4, -0.2) is 5.78 Å². The van der Waals surface area contributed by atoms with Gasteiger partial charge in [-0.05, 0) is 17.7 Å². The van der Waals surface area contributed by atoms with Gasteiger partial charge < -0.3 is 4.74 Å². The van der Waals surface area contributed by atoms with Gasteiger partial charge in [-0.15, -0.1) is 0 Å². The summed E-state index contributed by atoms with van der Waals surface area (Å²) < 4.78 is 5.22. The summed E-state index contributed by atoms with van der Waals surface area (Å²) in [6.07, 6.45) is 8.03. The normalized spacial score (nSPS) is 23.8. The van der Waals surface area contributed by atoms with Gasteiger partial charge in [0, 0.05) is 12.0 Å². The van der Waals surface area contributed by atoms with Crippen molar-refractivity contribution in [3.63, 3.8) is 0 Å². The molecule has 0 unspecified atom stereocenters. The zero-order valence-corrected chi connectivity index (χ0v) is 6.33. The minimum absolute atomic E-state index is 0.0476. The molecule has 2 aliphatic carbocycles. The van der Waals surface area contributed by atoms with Crippen molar-refractivity contribution in [2.45, 2.75) is 6.42 Å². The summed E-state index contributed by atoms with van der Waals surface area (Å²) in [4.78, 5) is 11.0. The van der Waals surface area contributed by atoms with Crippen LogP contribution in [0.1, 0.15) is 6.42 Å². The molecule has 2 nitrogen and oxygen atoms in total. The molecule has 3 rings (SSSR count). The second-order valence-corrected chi connectivity index (χ2v) is 3.01. The molecule has 0 radical (unpaired) electrons. The number of carbonyl (C=O) groups is 1. The average molecular weight is 158 g/mol. The number of carbonyl (C=O) groups excluding carboxylic acids is 1. The van der Waals surface area contributed by atoms with Crippen LogP contribution < -0.4 is 0 Å². The summed E-state index contributed by atoms with van der Waals surface area (Å²) in [5, 5.41) is 0. The van der Waals surface area contributed by atoms with Gasteiger partial charge in [0.05, 0.1) is 0 Å². The third-order valence-corrected chi connectivity index (χ3v) is 2.21. The molecule has 0 bridgehead atoms. The molecule has 3 aliphatic rings. The molecule has 12 heavy (non-hydrogen) atoms. The molecule has 1 aliphatic heterocycles. The lowest BCUT2D eigenvalue weighted by atomic mass is 9.94. The number of fused-ring (bicyclic) bond motifs is 2. The number of rotatable bonds is 0. The average Bonchev–Trinajstić information content (AvgIpc) is 2.82. The van der Waals surface area contributed by atoms with E-state index in [0.717, 1.165) is 29.1 Å². The highest BCUT2D eigenvalue weighted by Crippen LogP contribution is 2.44. The molecule has 0 amide bonds. The third-order valence-electron chi connectivity index (χ3n) is 2.21. The maximum Gasteiger partial charge on any atom is 0.179 e. The minimum atomic E-state index is 0.0476. The predicted molar refractivity (Wildman–Crippen MR) is 43.0 cm³/mol. The van der Waals surface area contributed by atoms with Crippen LogP contribution in [0.25, 0.3) is 0 Å². The Hall–Kier alpha value is -1.57. The standard InChI is InChI=1S/C10H6O2/c11-7-3-1-6-2-4-9-10(12-9)8(6)5-7/h1-3,5H,4H2. The Morgan fingerprint density at radius 1 is 1.33 bits per heavy atom. The lowest BCUT2D eigenvalue weighted by Gasteiger charge is -2.06. The fraction of sp³-hybridized carbons (Fsp3) is 0.100. The van der Waals surface area contributed by atoms with Crippen LogP contribution in [-0.2, 0) is 9.53 Å². The van der Waals surface area contributed by atoms with Gasteiger partial charge in [0.1, 0.15) is 0 Å². The van der Waals surface area contributed by atoms with Crippen LogP contribution in [0.4, 0.5) is 0 Å². The molecular weight excluding hydrogens is 152 g/mol. The maximum absolute atomic E-state index is 11.0. The van der Waals surface area contributed by atoms with Crippen molar-refractivity contribution >= 4 is 5.78 Å². The van der Waals surface area contributed by atoms with Crippen molar-refractivity contribution in [3.8, 4) is 0 Å². The molecule has 0 spiro atoms. The Bertz CT molecular complexity index is 406. The molecule has 0 aromatic carbocycles. The van der Waals surface area contributed by atoms with Crippen molar-refractivity contribution in [2.24, 2.45) is 0 Å². The van der Waals surface area contributed by atoms with Crippen LogP contribution in [0.3, 0.4) is 0 Å². The lowest BCUT2D eigenvalue weighted by Crippen LogP contribution is -2.00. The fourth-order valence-corrected chi connectivity index (χ4v) is 1.55. The lowest BCUT2D eigenvalue weighted by molar-refractivity contribution is -0.110. The van der Waals surface area contributed by atoms with E-state index in [1.807, 2.05) is 6.08 Å². The van der Waals surface area contributed by atoms with Gasteiger partial charge >= 0.3 is 0 Å². The zero-order chi connectivity index (χ0) is 8.13. The highest BCUT2D eigenvalue weighted by Gasteiger charge is 2.33. The smallest absolute Gasteiger partial charge is 0.179 e. The number of ether oxygens (including phenoxy) is 1. The summed E-state index contributed by atoms with van der Waals surface area (Å²) in [5.41, 5.74) is 2.08. The Kier molecular flexibility index (Phi) is 0.888. The van der Waals surface area contributed by atoms with Gasteiger partial charge in [0.15, 0.2) is 17.3 Å². The van der Waals surface area contributed by atoms with Gasteiger partial charge in [-0.3, -0.25) is 4.79 Å². The van der Waals surface area contributed by atoms with E-state index < -0.39 is 0 Å². The summed E-state index contributed by atoms with van der Waals surface area (Å²) in [7, 11) is 0. The highest BCUT2D eigenvalue weighted by molar-refractivity contribution is 6.03. The number of allylic oxidation sites excluding steroid dienone is 5. The summed E-state index contributed by atoms with van der Waals surface area (Å²) >= 11 is 0. The molecule has 1 heterocycles. The first-order chi connectivity index (χ1) is 5.84. The van der Waals surface area contributed by atoms with E-state index in [-0.39, 0.29) is 5.78 Å². The van der Waals surface area contributed by atoms with Gasteiger partial charge in [-0.2, -0.15) is 0 Å². The van der Waals surface area contributed by atoms with Crippen LogP contribution in [0.5, 0.6) is 0 Å². The second-order valence-electron chi connectivity index (χ2n) is 3.01. The molecule has 0 N–H and O–H groups in total. The molecule has 0 fully saturated rings.